The molecule has 2 amide bonds. The summed E-state index contributed by atoms with van der Waals surface area (Å²) in [4.78, 5) is 29.8. The number of urea groups is 1. The summed E-state index contributed by atoms with van der Waals surface area (Å²) in [6.45, 7) is 6.20. The molecule has 1 atom stereocenters. The minimum atomic E-state index is -0.649. The number of hydrogen-bond acceptors (Lipinski definition) is 4. The first kappa shape index (κ1) is 25.1. The van der Waals surface area contributed by atoms with Crippen LogP contribution in [0.1, 0.15) is 43.4 Å². The number of carbonyl (C=O) groups is 2. The van der Waals surface area contributed by atoms with Gasteiger partial charge in [-0.15, -0.1) is 12.4 Å². The molecule has 2 aromatic rings. The van der Waals surface area contributed by atoms with Crippen LogP contribution < -0.4 is 10.2 Å². The number of ether oxygens (including phenoxy) is 1. The quantitative estimate of drug-likeness (QED) is 0.638. The van der Waals surface area contributed by atoms with Gasteiger partial charge in [0.05, 0.1) is 11.6 Å². The third kappa shape index (κ3) is 5.33. The Morgan fingerprint density at radius 2 is 1.79 bits per heavy atom. The molecule has 6 nitrogen and oxygen atoms in total. The molecule has 1 N–H and O–H groups in total. The lowest BCUT2D eigenvalue weighted by Gasteiger charge is -2.38. The summed E-state index contributed by atoms with van der Waals surface area (Å²) in [6.07, 6.45) is 2.56. The maximum absolute atomic E-state index is 13.2. The largest absolute Gasteiger partial charge is 0.463 e. The van der Waals surface area contributed by atoms with Crippen molar-refractivity contribution in [3.8, 4) is 0 Å². The highest BCUT2D eigenvalue weighted by molar-refractivity contribution is 5.96. The second-order valence-electron chi connectivity index (χ2n) is 9.19. The number of esters is 1. The highest BCUT2D eigenvalue weighted by Gasteiger charge is 2.47. The normalized spacial score (nSPS) is 20.6. The van der Waals surface area contributed by atoms with Crippen LogP contribution in [0, 0.1) is 0 Å². The minimum Gasteiger partial charge on any atom is -0.463 e. The van der Waals surface area contributed by atoms with Crippen LogP contribution in [-0.2, 0) is 27.9 Å². The van der Waals surface area contributed by atoms with Crippen molar-refractivity contribution in [2.45, 2.75) is 51.2 Å². The van der Waals surface area contributed by atoms with E-state index in [1.54, 1.807) is 0 Å². The molecule has 1 fully saturated rings. The third-order valence-electron chi connectivity index (χ3n) is 6.56. The standard InChI is InChI=1S/C26H33N3O3.ClH/c1-19(2)32-24(30)11-14-26(22-7-5-4-6-8-22)18-27-25(31)29(26)23-10-9-20-12-15-28(3)16-13-21(20)17-23;/h4-10,17,19H,11-16,18H2,1-3H3,(H,27,31);1H. The Morgan fingerprint density at radius 3 is 2.48 bits per heavy atom. The van der Waals surface area contributed by atoms with Crippen molar-refractivity contribution in [2.75, 3.05) is 31.6 Å². The first-order chi connectivity index (χ1) is 15.4. The molecule has 2 heterocycles. The van der Waals surface area contributed by atoms with Crippen molar-refractivity contribution in [3.63, 3.8) is 0 Å². The third-order valence-corrected chi connectivity index (χ3v) is 6.56. The Kier molecular flexibility index (Phi) is 8.03. The summed E-state index contributed by atoms with van der Waals surface area (Å²) in [5, 5.41) is 3.05. The van der Waals surface area contributed by atoms with E-state index in [0.717, 1.165) is 37.2 Å². The fourth-order valence-electron chi connectivity index (χ4n) is 4.86. The fourth-order valence-corrected chi connectivity index (χ4v) is 4.86. The van der Waals surface area contributed by atoms with Crippen molar-refractivity contribution in [3.05, 3.63) is 65.2 Å². The number of halogens is 1. The highest BCUT2D eigenvalue weighted by atomic mass is 35.5. The molecule has 1 unspecified atom stereocenters. The molecule has 178 valence electrons. The Hall–Kier alpha value is -2.57. The molecule has 0 aromatic heterocycles. The van der Waals surface area contributed by atoms with Gasteiger partial charge in [0.25, 0.3) is 0 Å². The molecule has 0 spiro atoms. The number of likely N-dealkylation sites (N-methyl/N-ethyl adjacent to an activating group) is 1. The molecular formula is C26H34ClN3O3. The van der Waals surface area contributed by atoms with Crippen LogP contribution >= 0.6 is 12.4 Å². The van der Waals surface area contributed by atoms with Gasteiger partial charge in [-0.05, 0) is 69.0 Å². The molecular weight excluding hydrogens is 438 g/mol. The molecule has 0 radical (unpaired) electrons. The smallest absolute Gasteiger partial charge is 0.322 e. The van der Waals surface area contributed by atoms with Crippen molar-refractivity contribution >= 4 is 30.1 Å². The van der Waals surface area contributed by atoms with E-state index in [0.29, 0.717) is 13.0 Å². The lowest BCUT2D eigenvalue weighted by molar-refractivity contribution is -0.147. The van der Waals surface area contributed by atoms with Crippen LogP contribution in [0.3, 0.4) is 0 Å². The second-order valence-corrected chi connectivity index (χ2v) is 9.19. The molecule has 33 heavy (non-hydrogen) atoms. The number of amides is 2. The van der Waals surface area contributed by atoms with Gasteiger partial charge in [-0.3, -0.25) is 9.69 Å². The predicted octanol–water partition coefficient (Wildman–Crippen LogP) is 4.30. The summed E-state index contributed by atoms with van der Waals surface area (Å²) in [5.41, 5.74) is 3.90. The van der Waals surface area contributed by atoms with Crippen molar-refractivity contribution in [1.29, 1.82) is 0 Å². The molecule has 4 rings (SSSR count). The van der Waals surface area contributed by atoms with Crippen LogP contribution in [0.5, 0.6) is 0 Å². The van der Waals surface area contributed by atoms with E-state index < -0.39 is 5.54 Å². The second kappa shape index (κ2) is 10.6. The average Bonchev–Trinajstić information content (AvgIpc) is 3.00. The van der Waals surface area contributed by atoms with Crippen LogP contribution in [0.15, 0.2) is 48.5 Å². The van der Waals surface area contributed by atoms with E-state index in [-0.39, 0.29) is 36.9 Å². The molecule has 2 aromatic carbocycles. The van der Waals surface area contributed by atoms with E-state index in [4.69, 9.17) is 4.74 Å². The Bertz CT molecular complexity index is 982. The van der Waals surface area contributed by atoms with Gasteiger partial charge < -0.3 is 15.0 Å². The zero-order chi connectivity index (χ0) is 22.7. The fraction of sp³-hybridized carbons (Fsp3) is 0.462. The first-order valence-electron chi connectivity index (χ1n) is 11.5. The number of benzene rings is 2. The number of hydrogen-bond donors (Lipinski definition) is 1. The SMILES string of the molecule is CC(C)OC(=O)CCC1(c2ccccc2)CNC(=O)N1c1ccc2c(c1)CCN(C)CC2.Cl. The number of anilines is 1. The predicted molar refractivity (Wildman–Crippen MR) is 133 cm³/mol. The Balaban J connectivity index is 0.00000306. The molecule has 0 saturated carbocycles. The van der Waals surface area contributed by atoms with Crippen molar-refractivity contribution < 1.29 is 14.3 Å². The van der Waals surface area contributed by atoms with E-state index in [9.17, 15) is 9.59 Å². The summed E-state index contributed by atoms with van der Waals surface area (Å²) < 4.78 is 5.39. The monoisotopic (exact) mass is 471 g/mol. The maximum Gasteiger partial charge on any atom is 0.322 e. The van der Waals surface area contributed by atoms with E-state index >= 15 is 0 Å². The summed E-state index contributed by atoms with van der Waals surface area (Å²) >= 11 is 0. The number of carbonyl (C=O) groups excluding carboxylic acids is 2. The van der Waals surface area contributed by atoms with Gasteiger partial charge in [0.2, 0.25) is 0 Å². The summed E-state index contributed by atoms with van der Waals surface area (Å²) in [7, 11) is 2.15. The number of rotatable bonds is 6. The van der Waals surface area contributed by atoms with Gasteiger partial charge in [0.1, 0.15) is 0 Å². The minimum absolute atomic E-state index is 0. The van der Waals surface area contributed by atoms with Crippen LogP contribution in [0.2, 0.25) is 0 Å². The summed E-state index contributed by atoms with van der Waals surface area (Å²) in [6, 6.07) is 16.3. The van der Waals surface area contributed by atoms with E-state index in [2.05, 4.69) is 35.5 Å². The Labute approximate surface area is 202 Å². The first-order valence-corrected chi connectivity index (χ1v) is 11.5. The Morgan fingerprint density at radius 1 is 1.09 bits per heavy atom. The summed E-state index contributed by atoms with van der Waals surface area (Å²) in [5.74, 6) is -0.237. The molecule has 2 aliphatic rings. The zero-order valence-corrected chi connectivity index (χ0v) is 20.5. The molecule has 0 aliphatic carbocycles. The van der Waals surface area contributed by atoms with Gasteiger partial charge in [0, 0.05) is 31.7 Å². The van der Waals surface area contributed by atoms with Crippen molar-refractivity contribution in [1.82, 2.24) is 10.2 Å². The van der Waals surface area contributed by atoms with Gasteiger partial charge in [-0.2, -0.15) is 0 Å². The average molecular weight is 472 g/mol. The topological polar surface area (TPSA) is 61.9 Å². The van der Waals surface area contributed by atoms with Gasteiger partial charge in [0.15, 0.2) is 0 Å². The van der Waals surface area contributed by atoms with Crippen LogP contribution in [0.4, 0.5) is 10.5 Å². The van der Waals surface area contributed by atoms with Crippen LogP contribution in [0.25, 0.3) is 0 Å². The number of nitrogens with zero attached hydrogens (tertiary/aromatic N) is 2. The van der Waals surface area contributed by atoms with Gasteiger partial charge in [-0.25, -0.2) is 4.79 Å². The molecule has 2 aliphatic heterocycles. The van der Waals surface area contributed by atoms with E-state index in [1.165, 1.54) is 11.1 Å². The van der Waals surface area contributed by atoms with Gasteiger partial charge in [-0.1, -0.05) is 36.4 Å². The lowest BCUT2D eigenvalue weighted by atomic mass is 9.84. The number of fused-ring (bicyclic) bond motifs is 1. The highest BCUT2D eigenvalue weighted by Crippen LogP contribution is 2.41. The zero-order valence-electron chi connectivity index (χ0n) is 19.7. The van der Waals surface area contributed by atoms with Crippen LogP contribution in [-0.4, -0.2) is 49.7 Å². The van der Waals surface area contributed by atoms with Crippen molar-refractivity contribution in [2.24, 2.45) is 0 Å². The van der Waals surface area contributed by atoms with E-state index in [1.807, 2.05) is 49.1 Å². The van der Waals surface area contributed by atoms with Gasteiger partial charge >= 0.3 is 12.0 Å². The molecule has 7 heteroatoms. The molecule has 0 bridgehead atoms. The number of nitrogens with one attached hydrogen (secondary N) is 1. The molecule has 1 saturated heterocycles. The maximum atomic E-state index is 13.2. The lowest BCUT2D eigenvalue weighted by Crippen LogP contribution is -2.45.